The van der Waals surface area contributed by atoms with Gasteiger partial charge in [-0.05, 0) is 0 Å². The lowest BCUT2D eigenvalue weighted by atomic mass is 10.9. The molecule has 0 bridgehead atoms. The van der Waals surface area contributed by atoms with Crippen LogP contribution in [0.5, 0.6) is 0 Å². The van der Waals surface area contributed by atoms with Crippen LogP contribution in [0.15, 0.2) is 0 Å². The van der Waals surface area contributed by atoms with Gasteiger partial charge in [-0.15, -0.1) is 0 Å². The molecule has 0 rings (SSSR count). The lowest BCUT2D eigenvalue weighted by Gasteiger charge is -2.00. The number of aliphatic hydroxyl groups excluding tert-OH is 1. The molecule has 1 unspecified atom stereocenters. The van der Waals surface area contributed by atoms with E-state index < -0.39 is 5.90 Å². The van der Waals surface area contributed by atoms with E-state index in [9.17, 15) is 9.59 Å². The molecule has 0 saturated heterocycles. The van der Waals surface area contributed by atoms with Gasteiger partial charge in [-0.3, -0.25) is 14.5 Å². The predicted molar refractivity (Wildman–Crippen MR) is 58.8 cm³/mol. The summed E-state index contributed by atoms with van der Waals surface area (Å²) >= 11 is 5.81. The Morgan fingerprint density at radius 2 is 2.00 bits per heavy atom. The lowest BCUT2D eigenvalue weighted by molar-refractivity contribution is -0.114. The van der Waals surface area contributed by atoms with Gasteiger partial charge in [0.25, 0.3) is 5.90 Å². The molecule has 5 nitrogen and oxygen atoms in total. The summed E-state index contributed by atoms with van der Waals surface area (Å²) in [6, 6.07) is 0. The summed E-state index contributed by atoms with van der Waals surface area (Å²) in [4.78, 5) is 21.8. The smallest absolute Gasteiger partial charge is 0.334 e. The summed E-state index contributed by atoms with van der Waals surface area (Å²) in [6.07, 6.45) is 0.476. The lowest BCUT2D eigenvalue weighted by Crippen LogP contribution is -2.19. The first-order chi connectivity index (χ1) is 5.57. The average Bonchev–Trinajstić information content (AvgIpc) is 2.05. The molecule has 0 aliphatic heterocycles. The summed E-state index contributed by atoms with van der Waals surface area (Å²) in [7, 11) is 2.41. The number of hydrogen-bond acceptors (Lipinski definition) is 5. The highest BCUT2D eigenvalue weighted by molar-refractivity contribution is 8.69. The maximum Gasteiger partial charge on any atom is 0.334 e. The predicted octanol–water partition coefficient (Wildman–Crippen LogP) is 0.200. The Morgan fingerprint density at radius 3 is 2.23 bits per heavy atom. The van der Waals surface area contributed by atoms with Crippen molar-refractivity contribution in [3.63, 3.8) is 0 Å². The van der Waals surface area contributed by atoms with Gasteiger partial charge in [0.1, 0.15) is 6.66 Å². The number of hydrogen-bond donors (Lipinski definition) is 1. The number of rotatable bonds is 2. The molecule has 1 atom stereocenters. The quantitative estimate of drug-likeness (QED) is 0.555. The van der Waals surface area contributed by atoms with Gasteiger partial charge in [0.05, 0.1) is 0 Å². The fraction of sp³-hybridized carbons (Fsp3) is 0.600. The Morgan fingerprint density at radius 1 is 1.62 bits per heavy atom. The van der Waals surface area contributed by atoms with Crippen LogP contribution in [0.4, 0.5) is 4.79 Å². The van der Waals surface area contributed by atoms with E-state index in [4.69, 9.17) is 16.9 Å². The van der Waals surface area contributed by atoms with Crippen molar-refractivity contribution < 1.29 is 20.2 Å². The summed E-state index contributed by atoms with van der Waals surface area (Å²) in [6.45, 7) is 1.78. The molecular formula is C5H13NO4PS2+. The largest absolute Gasteiger partial charge is 0.412 e. The Balaban J connectivity index is -0.000000309. The first-order valence-electron chi connectivity index (χ1n) is 2.83. The number of carbonyl (C=O) groups excluding carboxylic acids is 2. The van der Waals surface area contributed by atoms with Crippen LogP contribution in [-0.4, -0.2) is 48.0 Å². The molecule has 8 heteroatoms. The van der Waals surface area contributed by atoms with E-state index in [0.29, 0.717) is 6.41 Å². The Labute approximate surface area is 87.0 Å². The Kier molecular flexibility index (Phi) is 17.1. The second kappa shape index (κ2) is 11.9. The van der Waals surface area contributed by atoms with Crippen molar-refractivity contribution in [1.82, 2.24) is 4.90 Å². The molecule has 0 aromatic heterocycles. The van der Waals surface area contributed by atoms with Gasteiger partial charge >= 0.3 is 5.24 Å². The van der Waals surface area contributed by atoms with Crippen molar-refractivity contribution in [2.45, 2.75) is 0 Å². The van der Waals surface area contributed by atoms with Crippen molar-refractivity contribution in [3.05, 3.63) is 0 Å². The number of amides is 2. The van der Waals surface area contributed by atoms with Crippen molar-refractivity contribution in [1.29, 1.82) is 0 Å². The van der Waals surface area contributed by atoms with E-state index in [1.807, 2.05) is 0 Å². The molecule has 0 aromatic rings. The van der Waals surface area contributed by atoms with Crippen LogP contribution < -0.4 is 0 Å². The molecule has 78 valence electrons. The normalized spacial score (nSPS) is 8.46. The third-order valence-corrected chi connectivity index (χ3v) is 3.26. The minimum Gasteiger partial charge on any atom is -0.412 e. The van der Waals surface area contributed by atoms with Crippen molar-refractivity contribution in [2.24, 2.45) is 0 Å². The molecular weight excluding hydrogens is 233 g/mol. The summed E-state index contributed by atoms with van der Waals surface area (Å²) in [5.74, 6) is -0.728. The highest BCUT2D eigenvalue weighted by atomic mass is 32.9. The van der Waals surface area contributed by atoms with Crippen molar-refractivity contribution in [3.8, 4) is 0 Å². The van der Waals surface area contributed by atoms with Crippen LogP contribution in [-0.2, 0) is 16.6 Å². The molecule has 0 radical (unpaired) electrons. The van der Waals surface area contributed by atoms with Gasteiger partial charge in [0.15, 0.2) is 23.2 Å². The molecule has 3 N–H and O–H groups in total. The van der Waals surface area contributed by atoms with Gasteiger partial charge < -0.3 is 10.6 Å². The van der Waals surface area contributed by atoms with Gasteiger partial charge in [-0.1, -0.05) is 0 Å². The zero-order valence-electron chi connectivity index (χ0n) is 7.55. The third kappa shape index (κ3) is 11.9. The number of aliphatic hydroxyl groups is 1. The minimum atomic E-state index is -0.728. The molecule has 0 fully saturated rings. The monoisotopic (exact) mass is 246 g/mol. The second-order valence-electron chi connectivity index (χ2n) is 1.51. The van der Waals surface area contributed by atoms with Crippen LogP contribution in [0.1, 0.15) is 0 Å². The number of nitrogens with zero attached hydrogens (tertiary/aromatic N) is 1. The number of carbonyl (C=O) groups is 2. The topological polar surface area (TPSA) is 89.1 Å². The summed E-state index contributed by atoms with van der Waals surface area (Å²) in [5, 5.41) is 6.72. The van der Waals surface area contributed by atoms with E-state index in [1.165, 1.54) is 7.05 Å². The second-order valence-corrected chi connectivity index (χ2v) is 7.45. The molecule has 0 aromatic carbocycles. The average molecular weight is 246 g/mol. The van der Waals surface area contributed by atoms with Crippen LogP contribution in [0, 0.1) is 0 Å². The minimum absolute atomic E-state index is 0. The van der Waals surface area contributed by atoms with Crippen molar-refractivity contribution >= 4 is 40.7 Å². The van der Waals surface area contributed by atoms with Gasteiger partial charge in [0, 0.05) is 14.2 Å². The van der Waals surface area contributed by atoms with Crippen LogP contribution in [0.25, 0.3) is 0 Å². The van der Waals surface area contributed by atoms with E-state index in [2.05, 4.69) is 0 Å². The van der Waals surface area contributed by atoms with Gasteiger partial charge in [-0.2, -0.15) is 0 Å². The van der Waals surface area contributed by atoms with Crippen LogP contribution >= 0.6 is 17.3 Å². The molecule has 0 heterocycles. The highest BCUT2D eigenvalue weighted by Gasteiger charge is 2.16. The zero-order valence-corrected chi connectivity index (χ0v) is 10.1. The molecule has 0 spiro atoms. The fourth-order valence-electron chi connectivity index (χ4n) is 0.217. The highest BCUT2D eigenvalue weighted by Crippen LogP contribution is 2.35. The van der Waals surface area contributed by atoms with E-state index in [-0.39, 0.29) is 10.7 Å². The molecule has 0 aliphatic rings. The summed E-state index contributed by atoms with van der Waals surface area (Å²) < 4.78 is 0. The van der Waals surface area contributed by atoms with E-state index in [1.54, 1.807) is 6.66 Å². The van der Waals surface area contributed by atoms with Crippen LogP contribution in [0.2, 0.25) is 0 Å². The SMILES string of the molecule is CN(C=O)C(=O)S[P+](C)=S.CO.O. The Bertz CT molecular complexity index is 178. The molecule has 13 heavy (non-hydrogen) atoms. The first-order valence-corrected chi connectivity index (χ1v) is 7.06. The number of imide groups is 1. The van der Waals surface area contributed by atoms with Crippen molar-refractivity contribution in [2.75, 3.05) is 20.8 Å². The summed E-state index contributed by atoms with van der Waals surface area (Å²) in [5.41, 5.74) is 0. The third-order valence-electron chi connectivity index (χ3n) is 0.653. The standard InChI is InChI=1S/C4H7NO2PS2.CH4O.H2O/c1-5(3-6)4(7)10-8(2)9;1-2;/h3H,1-2H3;2H,1H3;1H2/q+1;;. The molecule has 2 amide bonds. The Hall–Kier alpha value is -0.0700. The fourth-order valence-corrected chi connectivity index (χ4v) is 2.23. The van der Waals surface area contributed by atoms with E-state index in [0.717, 1.165) is 23.4 Å². The van der Waals surface area contributed by atoms with Crippen LogP contribution in [0.3, 0.4) is 0 Å². The van der Waals surface area contributed by atoms with Gasteiger partial charge in [-0.25, -0.2) is 0 Å². The zero-order chi connectivity index (χ0) is 10.1. The molecule has 0 saturated carbocycles. The van der Waals surface area contributed by atoms with E-state index >= 15 is 0 Å². The first kappa shape index (κ1) is 18.7. The maximum atomic E-state index is 10.8. The molecule has 0 aliphatic carbocycles. The van der Waals surface area contributed by atoms with Gasteiger partial charge in [0.2, 0.25) is 6.41 Å². The maximum absolute atomic E-state index is 10.8.